The molecule has 1 aromatic carbocycles. The lowest BCUT2D eigenvalue weighted by molar-refractivity contribution is -0.116. The molecular formula is C13H15NO3. The Morgan fingerprint density at radius 2 is 2.12 bits per heavy atom. The normalized spacial score (nSPS) is 23.6. The molecule has 0 aliphatic carbocycles. The number of amides is 1. The van der Waals surface area contributed by atoms with Gasteiger partial charge in [0.15, 0.2) is 0 Å². The van der Waals surface area contributed by atoms with Crippen molar-refractivity contribution in [2.45, 2.75) is 24.8 Å². The zero-order valence-electron chi connectivity index (χ0n) is 9.50. The predicted octanol–water partition coefficient (Wildman–Crippen LogP) is 1.94. The third kappa shape index (κ3) is 2.16. The molecule has 1 amide bonds. The summed E-state index contributed by atoms with van der Waals surface area (Å²) < 4.78 is 0. The van der Waals surface area contributed by atoms with E-state index in [0.717, 1.165) is 18.3 Å². The molecule has 1 aliphatic rings. The average molecular weight is 233 g/mol. The summed E-state index contributed by atoms with van der Waals surface area (Å²) in [5.41, 5.74) is 0.125. The fraction of sp³-hybridized carbons (Fsp3) is 0.385. The van der Waals surface area contributed by atoms with Gasteiger partial charge in [-0.05, 0) is 18.4 Å². The summed E-state index contributed by atoms with van der Waals surface area (Å²) in [5.74, 6) is 0. The maximum absolute atomic E-state index is 11.3. The van der Waals surface area contributed by atoms with Gasteiger partial charge in [-0.25, -0.2) is 4.79 Å². The van der Waals surface area contributed by atoms with Crippen LogP contribution in [0.4, 0.5) is 4.79 Å². The molecule has 90 valence electrons. The van der Waals surface area contributed by atoms with Gasteiger partial charge in [0.1, 0.15) is 11.8 Å². The molecule has 1 atom stereocenters. The Balaban J connectivity index is 2.25. The molecule has 1 saturated heterocycles. The maximum Gasteiger partial charge on any atom is 0.408 e. The van der Waals surface area contributed by atoms with Gasteiger partial charge < -0.3 is 9.90 Å². The van der Waals surface area contributed by atoms with Gasteiger partial charge in [0.05, 0.1) is 0 Å². The number of benzene rings is 1. The topological polar surface area (TPSA) is 57.6 Å². The molecule has 0 spiro atoms. The number of rotatable bonds is 3. The van der Waals surface area contributed by atoms with Gasteiger partial charge in [-0.2, -0.15) is 0 Å². The first-order valence-electron chi connectivity index (χ1n) is 5.69. The SMILES string of the molecule is O=CC1(Cc2ccccc2)CCCN1C(=O)O. The number of hydrogen-bond donors (Lipinski definition) is 1. The molecule has 4 heteroatoms. The Kier molecular flexibility index (Phi) is 3.13. The van der Waals surface area contributed by atoms with E-state index in [4.69, 9.17) is 5.11 Å². The number of carboxylic acid groups (broad SMARTS) is 1. The van der Waals surface area contributed by atoms with Gasteiger partial charge in [-0.3, -0.25) is 4.90 Å². The van der Waals surface area contributed by atoms with Crippen LogP contribution in [0.5, 0.6) is 0 Å². The summed E-state index contributed by atoms with van der Waals surface area (Å²) in [4.78, 5) is 23.7. The Labute approximate surface area is 99.9 Å². The minimum atomic E-state index is -1.01. The highest BCUT2D eigenvalue weighted by Crippen LogP contribution is 2.31. The van der Waals surface area contributed by atoms with E-state index in [1.54, 1.807) is 0 Å². The van der Waals surface area contributed by atoms with Crippen LogP contribution in [-0.2, 0) is 11.2 Å². The number of aldehydes is 1. The van der Waals surface area contributed by atoms with Crippen molar-refractivity contribution in [3.05, 3.63) is 35.9 Å². The van der Waals surface area contributed by atoms with Crippen molar-refractivity contribution in [3.63, 3.8) is 0 Å². The van der Waals surface area contributed by atoms with Gasteiger partial charge in [0.25, 0.3) is 0 Å². The van der Waals surface area contributed by atoms with Crippen molar-refractivity contribution in [1.82, 2.24) is 4.90 Å². The standard InChI is InChI=1S/C13H15NO3/c15-10-13(7-4-8-14(13)12(16)17)9-11-5-2-1-3-6-11/h1-3,5-6,10H,4,7-9H2,(H,16,17). The third-order valence-corrected chi connectivity index (χ3v) is 3.33. The first-order valence-corrected chi connectivity index (χ1v) is 5.69. The van der Waals surface area contributed by atoms with Crippen molar-refractivity contribution >= 4 is 12.4 Å². The molecule has 0 aromatic heterocycles. The number of carbonyl (C=O) groups is 2. The lowest BCUT2D eigenvalue weighted by Crippen LogP contribution is -2.49. The molecule has 1 aliphatic heterocycles. The van der Waals surface area contributed by atoms with Crippen LogP contribution in [0.15, 0.2) is 30.3 Å². The van der Waals surface area contributed by atoms with Crippen molar-refractivity contribution in [3.8, 4) is 0 Å². The van der Waals surface area contributed by atoms with Crippen molar-refractivity contribution < 1.29 is 14.7 Å². The minimum absolute atomic E-state index is 0.445. The molecule has 0 radical (unpaired) electrons. The molecule has 1 fully saturated rings. The maximum atomic E-state index is 11.3. The van der Waals surface area contributed by atoms with Crippen LogP contribution in [0.2, 0.25) is 0 Å². The van der Waals surface area contributed by atoms with E-state index in [9.17, 15) is 9.59 Å². The van der Waals surface area contributed by atoms with E-state index in [1.807, 2.05) is 30.3 Å². The Morgan fingerprint density at radius 3 is 2.71 bits per heavy atom. The molecule has 2 rings (SSSR count). The third-order valence-electron chi connectivity index (χ3n) is 3.33. The van der Waals surface area contributed by atoms with Gasteiger partial charge in [-0.15, -0.1) is 0 Å². The van der Waals surface area contributed by atoms with E-state index in [0.29, 0.717) is 19.4 Å². The van der Waals surface area contributed by atoms with Crippen molar-refractivity contribution in [2.24, 2.45) is 0 Å². The molecule has 1 heterocycles. The predicted molar refractivity (Wildman–Crippen MR) is 62.9 cm³/mol. The molecule has 1 N–H and O–H groups in total. The molecular weight excluding hydrogens is 218 g/mol. The summed E-state index contributed by atoms with van der Waals surface area (Å²) in [7, 11) is 0. The van der Waals surface area contributed by atoms with Crippen LogP contribution in [0, 0.1) is 0 Å². The summed E-state index contributed by atoms with van der Waals surface area (Å²) >= 11 is 0. The number of likely N-dealkylation sites (tertiary alicyclic amines) is 1. The van der Waals surface area contributed by atoms with E-state index in [2.05, 4.69) is 0 Å². The Bertz CT molecular complexity index is 418. The average Bonchev–Trinajstić information content (AvgIpc) is 2.75. The second kappa shape index (κ2) is 4.57. The highest BCUT2D eigenvalue weighted by Gasteiger charge is 2.43. The first-order chi connectivity index (χ1) is 8.18. The molecule has 1 unspecified atom stereocenters. The van der Waals surface area contributed by atoms with E-state index < -0.39 is 11.6 Å². The number of nitrogens with zero attached hydrogens (tertiary/aromatic N) is 1. The van der Waals surface area contributed by atoms with E-state index >= 15 is 0 Å². The van der Waals surface area contributed by atoms with Crippen LogP contribution >= 0.6 is 0 Å². The van der Waals surface area contributed by atoms with Gasteiger partial charge >= 0.3 is 6.09 Å². The summed E-state index contributed by atoms with van der Waals surface area (Å²) in [6.45, 7) is 0.445. The zero-order chi connectivity index (χ0) is 12.3. The number of carbonyl (C=O) groups excluding carboxylic acids is 1. The van der Waals surface area contributed by atoms with Crippen LogP contribution in [0.25, 0.3) is 0 Å². The molecule has 4 nitrogen and oxygen atoms in total. The second-order valence-corrected chi connectivity index (χ2v) is 4.42. The van der Waals surface area contributed by atoms with E-state index in [1.165, 1.54) is 4.90 Å². The van der Waals surface area contributed by atoms with E-state index in [-0.39, 0.29) is 0 Å². The van der Waals surface area contributed by atoms with Crippen LogP contribution in [0.3, 0.4) is 0 Å². The lowest BCUT2D eigenvalue weighted by atomic mass is 9.90. The van der Waals surface area contributed by atoms with Crippen molar-refractivity contribution in [2.75, 3.05) is 6.54 Å². The zero-order valence-corrected chi connectivity index (χ0v) is 9.50. The smallest absolute Gasteiger partial charge is 0.408 e. The molecule has 0 bridgehead atoms. The van der Waals surface area contributed by atoms with Crippen LogP contribution < -0.4 is 0 Å². The largest absolute Gasteiger partial charge is 0.465 e. The Hall–Kier alpha value is -1.84. The van der Waals surface area contributed by atoms with Crippen LogP contribution in [0.1, 0.15) is 18.4 Å². The van der Waals surface area contributed by atoms with Gasteiger partial charge in [-0.1, -0.05) is 30.3 Å². The monoisotopic (exact) mass is 233 g/mol. The molecule has 0 saturated carbocycles. The molecule has 1 aromatic rings. The second-order valence-electron chi connectivity index (χ2n) is 4.42. The Morgan fingerprint density at radius 1 is 1.41 bits per heavy atom. The minimum Gasteiger partial charge on any atom is -0.465 e. The molecule has 17 heavy (non-hydrogen) atoms. The van der Waals surface area contributed by atoms with Gasteiger partial charge in [0.2, 0.25) is 0 Å². The summed E-state index contributed by atoms with van der Waals surface area (Å²) in [6, 6.07) is 9.54. The number of hydrogen-bond acceptors (Lipinski definition) is 2. The van der Waals surface area contributed by atoms with Crippen molar-refractivity contribution in [1.29, 1.82) is 0 Å². The summed E-state index contributed by atoms with van der Waals surface area (Å²) in [5, 5.41) is 9.13. The fourth-order valence-corrected chi connectivity index (χ4v) is 2.48. The summed E-state index contributed by atoms with van der Waals surface area (Å²) in [6.07, 6.45) is 1.60. The lowest BCUT2D eigenvalue weighted by Gasteiger charge is -2.31. The first kappa shape index (κ1) is 11.6. The quantitative estimate of drug-likeness (QED) is 0.812. The fourth-order valence-electron chi connectivity index (χ4n) is 2.48. The van der Waals surface area contributed by atoms with Gasteiger partial charge in [0, 0.05) is 13.0 Å². The highest BCUT2D eigenvalue weighted by atomic mass is 16.4. The van der Waals surface area contributed by atoms with Crippen LogP contribution in [-0.4, -0.2) is 34.5 Å². The highest BCUT2D eigenvalue weighted by molar-refractivity contribution is 5.76.